The number of amides is 3. The van der Waals surface area contributed by atoms with E-state index in [1.165, 1.54) is 0 Å². The van der Waals surface area contributed by atoms with Crippen molar-refractivity contribution in [1.29, 1.82) is 0 Å². The lowest BCUT2D eigenvalue weighted by Gasteiger charge is -2.38. The minimum atomic E-state index is -0.654. The Hall–Kier alpha value is -3.67. The number of rotatable bonds is 10. The molecule has 1 aromatic carbocycles. The fraction of sp³-hybridized carbons (Fsp3) is 0.667. The number of hydrogen-bond acceptors (Lipinski definition) is 8. The molecule has 2 aromatic rings. The first-order chi connectivity index (χ1) is 23.0. The van der Waals surface area contributed by atoms with Crippen LogP contribution in [-0.2, 0) is 19.1 Å². The number of carbonyl (C=O) groups excluding carboxylic acids is 4. The van der Waals surface area contributed by atoms with Crippen molar-refractivity contribution in [2.45, 2.75) is 109 Å². The van der Waals surface area contributed by atoms with Crippen LogP contribution in [0.3, 0.4) is 0 Å². The number of furan rings is 1. The van der Waals surface area contributed by atoms with Crippen LogP contribution in [0.4, 0.5) is 14.9 Å². The Bertz CT molecular complexity index is 1440. The van der Waals surface area contributed by atoms with Crippen LogP contribution in [0, 0.1) is 11.8 Å². The van der Waals surface area contributed by atoms with Gasteiger partial charge in [0.2, 0.25) is 17.6 Å². The van der Waals surface area contributed by atoms with Gasteiger partial charge in [-0.1, -0.05) is 6.42 Å². The number of nitrogens with one attached hydrogen (secondary N) is 2. The average molecular weight is 671 g/mol. The Morgan fingerprint density at radius 1 is 1.00 bits per heavy atom. The molecule has 1 saturated carbocycles. The molecule has 0 bridgehead atoms. The van der Waals surface area contributed by atoms with E-state index in [9.17, 15) is 23.6 Å². The third-order valence-corrected chi connectivity index (χ3v) is 9.85. The van der Waals surface area contributed by atoms with E-state index in [4.69, 9.17) is 13.9 Å². The summed E-state index contributed by atoms with van der Waals surface area (Å²) in [6.45, 7) is 9.08. The standard InChI is InChI=1S/C36H51FN4O7/c1-5-46-34(44)30-22-25-21-26(13-14-29(25)47-30)38-32(42)31-28(40-18-7-6-8-19-40)16-20-41(31)33(43)24-11-9-23(10-12-24)27(15-17-37)39-35(45)48-36(2,3)4/h13-14,21-24,27-28,31H,5-12,15-20H2,1-4H3,(H,38,42)(H,39,45)/t23-,24-,27-,28-,31?/m1/s1. The summed E-state index contributed by atoms with van der Waals surface area (Å²) in [5.41, 5.74) is 0.404. The highest BCUT2D eigenvalue weighted by Crippen LogP contribution is 2.36. The summed E-state index contributed by atoms with van der Waals surface area (Å²) in [6, 6.07) is 5.72. The number of esters is 1. The lowest BCUT2D eigenvalue weighted by Crippen LogP contribution is -2.55. The molecule has 12 heteroatoms. The summed E-state index contributed by atoms with van der Waals surface area (Å²) >= 11 is 0. The van der Waals surface area contributed by atoms with Gasteiger partial charge in [0.05, 0.1) is 13.3 Å². The van der Waals surface area contributed by atoms with Crippen LogP contribution in [0.5, 0.6) is 0 Å². The van der Waals surface area contributed by atoms with E-state index in [-0.39, 0.29) is 54.5 Å². The molecule has 3 aliphatic rings. The Morgan fingerprint density at radius 3 is 2.40 bits per heavy atom. The summed E-state index contributed by atoms with van der Waals surface area (Å²) in [6.07, 6.45) is 6.25. The zero-order chi connectivity index (χ0) is 34.4. The molecule has 2 saturated heterocycles. The van der Waals surface area contributed by atoms with Crippen molar-refractivity contribution in [3.8, 4) is 0 Å². The first kappa shape index (κ1) is 35.6. The summed E-state index contributed by atoms with van der Waals surface area (Å²) in [7, 11) is 0. The van der Waals surface area contributed by atoms with E-state index in [2.05, 4.69) is 15.5 Å². The van der Waals surface area contributed by atoms with E-state index in [0.29, 0.717) is 48.9 Å². The monoisotopic (exact) mass is 670 g/mol. The number of alkyl carbamates (subject to hydrolysis) is 1. The first-order valence-electron chi connectivity index (χ1n) is 17.6. The predicted octanol–water partition coefficient (Wildman–Crippen LogP) is 6.06. The molecule has 2 aliphatic heterocycles. The quantitative estimate of drug-likeness (QED) is 0.292. The number of ether oxygens (including phenoxy) is 2. The summed E-state index contributed by atoms with van der Waals surface area (Å²) < 4.78 is 29.6. The molecule has 3 heterocycles. The second-order valence-corrected chi connectivity index (χ2v) is 14.3. The largest absolute Gasteiger partial charge is 0.460 e. The molecule has 48 heavy (non-hydrogen) atoms. The molecular weight excluding hydrogens is 619 g/mol. The van der Waals surface area contributed by atoms with Gasteiger partial charge in [-0.15, -0.1) is 0 Å². The van der Waals surface area contributed by atoms with Crippen molar-refractivity contribution >= 4 is 40.5 Å². The minimum Gasteiger partial charge on any atom is -0.460 e. The van der Waals surface area contributed by atoms with E-state index in [1.54, 1.807) is 56.9 Å². The smallest absolute Gasteiger partial charge is 0.407 e. The van der Waals surface area contributed by atoms with Crippen LogP contribution in [0.15, 0.2) is 28.7 Å². The fourth-order valence-electron chi connectivity index (χ4n) is 7.62. The average Bonchev–Trinajstić information content (AvgIpc) is 3.69. The van der Waals surface area contributed by atoms with Gasteiger partial charge in [0.25, 0.3) is 0 Å². The molecule has 0 spiro atoms. The van der Waals surface area contributed by atoms with Gasteiger partial charge in [-0.2, -0.15) is 0 Å². The molecule has 0 radical (unpaired) electrons. The number of hydrogen-bond donors (Lipinski definition) is 2. The van der Waals surface area contributed by atoms with Gasteiger partial charge in [0.15, 0.2) is 0 Å². The van der Waals surface area contributed by atoms with Gasteiger partial charge in [0.1, 0.15) is 17.2 Å². The van der Waals surface area contributed by atoms with Gasteiger partial charge >= 0.3 is 12.1 Å². The maximum absolute atomic E-state index is 14.1. The molecular formula is C36H51FN4O7. The molecule has 2 N–H and O–H groups in total. The summed E-state index contributed by atoms with van der Waals surface area (Å²) in [5.74, 6) is -0.900. The normalized spacial score (nSPS) is 24.2. The molecule has 1 unspecified atom stereocenters. The number of anilines is 1. The van der Waals surface area contributed by atoms with Gasteiger partial charge in [-0.25, -0.2) is 9.59 Å². The van der Waals surface area contributed by atoms with E-state index < -0.39 is 30.4 Å². The number of piperidine rings is 1. The van der Waals surface area contributed by atoms with E-state index in [0.717, 1.165) is 38.8 Å². The van der Waals surface area contributed by atoms with E-state index in [1.807, 2.05) is 0 Å². The molecule has 3 amide bonds. The molecule has 3 atom stereocenters. The van der Waals surface area contributed by atoms with Crippen LogP contribution in [-0.4, -0.2) is 90.3 Å². The van der Waals surface area contributed by atoms with Crippen LogP contribution in [0.2, 0.25) is 0 Å². The van der Waals surface area contributed by atoms with Crippen molar-refractivity contribution in [2.75, 3.05) is 38.2 Å². The Balaban J connectivity index is 1.27. The number of fused-ring (bicyclic) bond motifs is 1. The van der Waals surface area contributed by atoms with Crippen molar-refractivity contribution in [3.63, 3.8) is 0 Å². The van der Waals surface area contributed by atoms with Crippen molar-refractivity contribution in [2.24, 2.45) is 11.8 Å². The minimum absolute atomic E-state index is 0.0142. The van der Waals surface area contributed by atoms with Crippen LogP contribution in [0.25, 0.3) is 11.0 Å². The second kappa shape index (κ2) is 15.7. The maximum Gasteiger partial charge on any atom is 0.407 e. The first-order valence-corrected chi connectivity index (χ1v) is 17.6. The van der Waals surface area contributed by atoms with Gasteiger partial charge in [0, 0.05) is 35.6 Å². The Kier molecular flexibility index (Phi) is 11.7. The second-order valence-electron chi connectivity index (χ2n) is 14.3. The van der Waals surface area contributed by atoms with Crippen LogP contribution >= 0.6 is 0 Å². The highest BCUT2D eigenvalue weighted by molar-refractivity contribution is 6.00. The lowest BCUT2D eigenvalue weighted by molar-refractivity contribution is -0.142. The molecule has 1 aromatic heterocycles. The topological polar surface area (TPSA) is 130 Å². The van der Waals surface area contributed by atoms with Gasteiger partial charge in [-0.05, 0) is 122 Å². The van der Waals surface area contributed by atoms with Gasteiger partial charge < -0.3 is 29.4 Å². The predicted molar refractivity (Wildman–Crippen MR) is 179 cm³/mol. The molecule has 3 fully saturated rings. The highest BCUT2D eigenvalue weighted by Gasteiger charge is 2.46. The zero-order valence-electron chi connectivity index (χ0n) is 28.7. The number of halogens is 1. The van der Waals surface area contributed by atoms with Gasteiger partial charge in [-0.3, -0.25) is 18.9 Å². The molecule has 11 nitrogen and oxygen atoms in total. The molecule has 1 aliphatic carbocycles. The SMILES string of the molecule is CCOC(=O)c1cc2cc(NC(=O)C3[C@H](N4CCCCC4)CCN3C(=O)[C@H]3CC[C@H]([C@@H](CCF)NC(=O)OC(C)(C)C)CC3)ccc2o1. The number of benzene rings is 1. The zero-order valence-corrected chi connectivity index (χ0v) is 28.7. The lowest BCUT2D eigenvalue weighted by atomic mass is 9.77. The Labute approximate surface area is 282 Å². The number of likely N-dealkylation sites (tertiary alicyclic amines) is 2. The van der Waals surface area contributed by atoms with Crippen molar-refractivity contribution < 1.29 is 37.5 Å². The third kappa shape index (κ3) is 8.67. The number of nitrogens with zero attached hydrogens (tertiary/aromatic N) is 2. The third-order valence-electron chi connectivity index (χ3n) is 9.85. The van der Waals surface area contributed by atoms with Crippen molar-refractivity contribution in [1.82, 2.24) is 15.1 Å². The number of alkyl halides is 1. The Morgan fingerprint density at radius 2 is 1.73 bits per heavy atom. The summed E-state index contributed by atoms with van der Waals surface area (Å²) in [5, 5.41) is 6.59. The highest BCUT2D eigenvalue weighted by atomic mass is 19.1. The van der Waals surface area contributed by atoms with Crippen LogP contribution < -0.4 is 10.6 Å². The van der Waals surface area contributed by atoms with Crippen molar-refractivity contribution in [3.05, 3.63) is 30.0 Å². The molecule has 5 rings (SSSR count). The fourth-order valence-corrected chi connectivity index (χ4v) is 7.62. The maximum atomic E-state index is 14.1. The number of carbonyl (C=O) groups is 4. The van der Waals surface area contributed by atoms with Crippen LogP contribution in [0.1, 0.15) is 96.0 Å². The molecule has 264 valence electrons. The summed E-state index contributed by atoms with van der Waals surface area (Å²) in [4.78, 5) is 57.0. The van der Waals surface area contributed by atoms with E-state index >= 15 is 0 Å².